The van der Waals surface area contributed by atoms with Gasteiger partial charge in [-0.3, -0.25) is 4.79 Å². The number of hydrogen-bond donors (Lipinski definition) is 1. The summed E-state index contributed by atoms with van der Waals surface area (Å²) in [6, 6.07) is 16.7. The molecule has 0 unspecified atom stereocenters. The molecule has 6 nitrogen and oxygen atoms in total. The lowest BCUT2D eigenvalue weighted by molar-refractivity contribution is -0.113. The zero-order chi connectivity index (χ0) is 19.9. The molecular weight excluding hydrogens is 442 g/mol. The number of thioether (sulfide) groups is 1. The van der Waals surface area contributed by atoms with Gasteiger partial charge in [0.05, 0.1) is 25.7 Å². The van der Waals surface area contributed by atoms with Crippen molar-refractivity contribution in [2.75, 3.05) is 25.3 Å². The molecule has 1 amide bonds. The number of ether oxygens (including phenoxy) is 2. The molecule has 0 radical (unpaired) electrons. The molecule has 144 valence electrons. The Morgan fingerprint density at radius 1 is 1.00 bits per heavy atom. The van der Waals surface area contributed by atoms with Crippen LogP contribution in [0.2, 0.25) is 0 Å². The van der Waals surface area contributed by atoms with E-state index in [1.165, 1.54) is 11.8 Å². The number of carbonyl (C=O) groups is 1. The maximum Gasteiger partial charge on any atom is 0.234 e. The molecule has 0 spiro atoms. The summed E-state index contributed by atoms with van der Waals surface area (Å²) >= 11 is 4.69. The molecule has 2 aromatic carbocycles. The first-order valence-electron chi connectivity index (χ1n) is 8.33. The van der Waals surface area contributed by atoms with Crippen molar-refractivity contribution in [3.8, 4) is 22.8 Å². The van der Waals surface area contributed by atoms with Gasteiger partial charge in [0.2, 0.25) is 5.91 Å². The van der Waals surface area contributed by atoms with E-state index in [-0.39, 0.29) is 11.7 Å². The molecule has 0 saturated carbocycles. The molecule has 0 atom stereocenters. The summed E-state index contributed by atoms with van der Waals surface area (Å²) in [5.74, 6) is 1.44. The number of rotatable bonds is 7. The SMILES string of the molecule is COc1ccc(-c2ccc(SCC(=O)Nc3ccc(Br)cc3)nn2)cc1OC. The lowest BCUT2D eigenvalue weighted by Crippen LogP contribution is -2.14. The van der Waals surface area contributed by atoms with E-state index in [1.54, 1.807) is 14.2 Å². The van der Waals surface area contributed by atoms with Crippen molar-refractivity contribution in [2.24, 2.45) is 0 Å². The van der Waals surface area contributed by atoms with Gasteiger partial charge in [-0.25, -0.2) is 0 Å². The van der Waals surface area contributed by atoms with Gasteiger partial charge in [0.25, 0.3) is 0 Å². The highest BCUT2D eigenvalue weighted by molar-refractivity contribution is 9.10. The van der Waals surface area contributed by atoms with E-state index in [0.29, 0.717) is 22.2 Å². The lowest BCUT2D eigenvalue weighted by atomic mass is 10.1. The average Bonchev–Trinajstić information content (AvgIpc) is 2.73. The van der Waals surface area contributed by atoms with Crippen molar-refractivity contribution < 1.29 is 14.3 Å². The zero-order valence-corrected chi connectivity index (χ0v) is 17.7. The van der Waals surface area contributed by atoms with Gasteiger partial charge in [-0.2, -0.15) is 0 Å². The van der Waals surface area contributed by atoms with E-state index >= 15 is 0 Å². The largest absolute Gasteiger partial charge is 0.493 e. The van der Waals surface area contributed by atoms with Gasteiger partial charge in [-0.1, -0.05) is 27.7 Å². The van der Waals surface area contributed by atoms with Crippen LogP contribution in [0.25, 0.3) is 11.3 Å². The summed E-state index contributed by atoms with van der Waals surface area (Å²) in [6.07, 6.45) is 0. The van der Waals surface area contributed by atoms with Crippen molar-refractivity contribution in [3.63, 3.8) is 0 Å². The minimum Gasteiger partial charge on any atom is -0.493 e. The summed E-state index contributed by atoms with van der Waals surface area (Å²) < 4.78 is 11.5. The van der Waals surface area contributed by atoms with Crippen molar-refractivity contribution in [1.82, 2.24) is 10.2 Å². The number of halogens is 1. The number of methoxy groups -OCH3 is 2. The molecule has 0 bridgehead atoms. The molecule has 0 aliphatic heterocycles. The molecule has 1 heterocycles. The second-order valence-corrected chi connectivity index (χ2v) is 7.58. The van der Waals surface area contributed by atoms with Crippen LogP contribution >= 0.6 is 27.7 Å². The number of benzene rings is 2. The molecule has 28 heavy (non-hydrogen) atoms. The van der Waals surface area contributed by atoms with Crippen LogP contribution in [0.3, 0.4) is 0 Å². The Morgan fingerprint density at radius 2 is 1.75 bits per heavy atom. The minimum atomic E-state index is -0.0990. The molecule has 1 aromatic heterocycles. The van der Waals surface area contributed by atoms with Crippen molar-refractivity contribution in [2.45, 2.75) is 5.03 Å². The lowest BCUT2D eigenvalue weighted by Gasteiger charge is -2.09. The zero-order valence-electron chi connectivity index (χ0n) is 15.3. The second-order valence-electron chi connectivity index (χ2n) is 5.67. The van der Waals surface area contributed by atoms with E-state index in [4.69, 9.17) is 9.47 Å². The minimum absolute atomic E-state index is 0.0990. The normalized spacial score (nSPS) is 10.4. The summed E-state index contributed by atoms with van der Waals surface area (Å²) in [5.41, 5.74) is 2.34. The maximum absolute atomic E-state index is 12.1. The van der Waals surface area contributed by atoms with Crippen molar-refractivity contribution in [1.29, 1.82) is 0 Å². The molecular formula is C20H18BrN3O3S. The second kappa shape index (κ2) is 9.57. The standard InChI is InChI=1S/C20H18BrN3O3S/c1-26-17-9-3-13(11-18(17)27-2)16-8-10-20(24-23-16)28-12-19(25)22-15-6-4-14(21)5-7-15/h3-11H,12H2,1-2H3,(H,22,25). The number of amides is 1. The fourth-order valence-corrected chi connectivity index (χ4v) is 3.29. The fraction of sp³-hybridized carbons (Fsp3) is 0.150. The molecule has 8 heteroatoms. The Hall–Kier alpha value is -2.58. The molecule has 0 aliphatic carbocycles. The van der Waals surface area contributed by atoms with Gasteiger partial charge >= 0.3 is 0 Å². The third-order valence-electron chi connectivity index (χ3n) is 3.80. The highest BCUT2D eigenvalue weighted by atomic mass is 79.9. The number of nitrogens with one attached hydrogen (secondary N) is 1. The highest BCUT2D eigenvalue weighted by Crippen LogP contribution is 2.31. The van der Waals surface area contributed by atoms with Gasteiger partial charge in [0.1, 0.15) is 5.03 Å². The smallest absolute Gasteiger partial charge is 0.234 e. The molecule has 0 fully saturated rings. The first-order valence-corrected chi connectivity index (χ1v) is 10.1. The number of hydrogen-bond acceptors (Lipinski definition) is 6. The van der Waals surface area contributed by atoms with Crippen LogP contribution < -0.4 is 14.8 Å². The molecule has 3 rings (SSSR count). The number of anilines is 1. The number of carbonyl (C=O) groups excluding carboxylic acids is 1. The van der Waals surface area contributed by atoms with E-state index in [2.05, 4.69) is 31.4 Å². The Labute approximate surface area is 175 Å². The van der Waals surface area contributed by atoms with Crippen LogP contribution in [0.1, 0.15) is 0 Å². The van der Waals surface area contributed by atoms with Crippen LogP contribution in [0.4, 0.5) is 5.69 Å². The van der Waals surface area contributed by atoms with Crippen molar-refractivity contribution in [3.05, 3.63) is 59.1 Å². The summed E-state index contributed by atoms with van der Waals surface area (Å²) in [5, 5.41) is 12.0. The van der Waals surface area contributed by atoms with Crippen LogP contribution in [0.15, 0.2) is 64.1 Å². The first-order chi connectivity index (χ1) is 13.6. The van der Waals surface area contributed by atoms with E-state index in [1.807, 2.05) is 54.6 Å². The summed E-state index contributed by atoms with van der Waals surface area (Å²) in [6.45, 7) is 0. The van der Waals surface area contributed by atoms with Gasteiger partial charge in [0.15, 0.2) is 11.5 Å². The van der Waals surface area contributed by atoms with Crippen LogP contribution in [-0.4, -0.2) is 36.1 Å². The Morgan fingerprint density at radius 3 is 2.39 bits per heavy atom. The van der Waals surface area contributed by atoms with Gasteiger partial charge in [0, 0.05) is 15.7 Å². The van der Waals surface area contributed by atoms with E-state index in [9.17, 15) is 4.79 Å². The van der Waals surface area contributed by atoms with Crippen LogP contribution in [0.5, 0.6) is 11.5 Å². The van der Waals surface area contributed by atoms with Gasteiger partial charge < -0.3 is 14.8 Å². The van der Waals surface area contributed by atoms with E-state index in [0.717, 1.165) is 15.7 Å². The average molecular weight is 460 g/mol. The summed E-state index contributed by atoms with van der Waals surface area (Å²) in [7, 11) is 3.18. The fourth-order valence-electron chi connectivity index (χ4n) is 2.42. The highest BCUT2D eigenvalue weighted by Gasteiger charge is 2.09. The predicted molar refractivity (Wildman–Crippen MR) is 114 cm³/mol. The number of aromatic nitrogens is 2. The van der Waals surface area contributed by atoms with Gasteiger partial charge in [-0.05, 0) is 54.6 Å². The van der Waals surface area contributed by atoms with Gasteiger partial charge in [-0.15, -0.1) is 10.2 Å². The molecule has 1 N–H and O–H groups in total. The third-order valence-corrected chi connectivity index (χ3v) is 5.25. The monoisotopic (exact) mass is 459 g/mol. The predicted octanol–water partition coefficient (Wildman–Crippen LogP) is 4.65. The van der Waals surface area contributed by atoms with Crippen LogP contribution in [0, 0.1) is 0 Å². The summed E-state index contributed by atoms with van der Waals surface area (Å²) in [4.78, 5) is 12.1. The quantitative estimate of drug-likeness (QED) is 0.518. The molecule has 0 saturated heterocycles. The third kappa shape index (κ3) is 5.24. The van der Waals surface area contributed by atoms with Crippen molar-refractivity contribution >= 4 is 39.3 Å². The Bertz CT molecular complexity index is 950. The Kier molecular flexibility index (Phi) is 6.89. The number of nitrogens with zero attached hydrogens (tertiary/aromatic N) is 2. The molecule has 0 aliphatic rings. The topological polar surface area (TPSA) is 73.3 Å². The van der Waals surface area contributed by atoms with E-state index < -0.39 is 0 Å². The first kappa shape index (κ1) is 20.2. The Balaban J connectivity index is 1.60. The maximum atomic E-state index is 12.1. The molecule has 3 aromatic rings. The van der Waals surface area contributed by atoms with Crippen LogP contribution in [-0.2, 0) is 4.79 Å².